The van der Waals surface area contributed by atoms with Gasteiger partial charge in [-0.15, -0.1) is 0 Å². The molecule has 5 atom stereocenters. The highest BCUT2D eigenvalue weighted by Gasteiger charge is 2.55. The maximum atomic E-state index is 10.9. The van der Waals surface area contributed by atoms with Crippen LogP contribution in [-0.4, -0.2) is 34.1 Å². The first-order valence-electron chi connectivity index (χ1n) is 11.8. The minimum absolute atomic E-state index is 0.0332. The van der Waals surface area contributed by atoms with Gasteiger partial charge in [-0.2, -0.15) is 0 Å². The summed E-state index contributed by atoms with van der Waals surface area (Å²) in [6.45, 7) is 2.41. The summed E-state index contributed by atoms with van der Waals surface area (Å²) >= 11 is 0. The van der Waals surface area contributed by atoms with Crippen molar-refractivity contribution in [3.05, 3.63) is 63.2 Å². The molecule has 5 rings (SSSR count). The molecular weight excluding hydrogens is 436 g/mol. The number of phenols is 1. The summed E-state index contributed by atoms with van der Waals surface area (Å²) in [5, 5.41) is 36.6. The Morgan fingerprint density at radius 3 is 2.68 bits per heavy atom. The van der Waals surface area contributed by atoms with Gasteiger partial charge in [0.25, 0.3) is 5.69 Å². The molecule has 180 valence electrons. The third-order valence-electron chi connectivity index (χ3n) is 8.43. The van der Waals surface area contributed by atoms with Crippen LogP contribution in [0, 0.1) is 27.4 Å². The van der Waals surface area contributed by atoms with Crippen LogP contribution in [0.5, 0.6) is 11.5 Å². The van der Waals surface area contributed by atoms with Gasteiger partial charge in [0.15, 0.2) is 11.5 Å². The fourth-order valence-electron chi connectivity index (χ4n) is 6.55. The molecule has 0 radical (unpaired) electrons. The second kappa shape index (κ2) is 8.58. The predicted molar refractivity (Wildman–Crippen MR) is 126 cm³/mol. The van der Waals surface area contributed by atoms with Crippen LogP contribution in [0.1, 0.15) is 61.6 Å². The van der Waals surface area contributed by atoms with Gasteiger partial charge in [0.05, 0.1) is 23.8 Å². The van der Waals surface area contributed by atoms with Crippen LogP contribution in [0.3, 0.4) is 0 Å². The Kier molecular flexibility index (Phi) is 5.72. The van der Waals surface area contributed by atoms with E-state index in [9.17, 15) is 20.3 Å². The van der Waals surface area contributed by atoms with E-state index in [1.54, 1.807) is 25.3 Å². The molecule has 0 bridgehead atoms. The number of aromatic hydroxyl groups is 1. The fraction of sp³-hybridized carbons (Fsp3) is 0.500. The van der Waals surface area contributed by atoms with E-state index in [0.717, 1.165) is 54.5 Å². The van der Waals surface area contributed by atoms with Crippen LogP contribution in [0.4, 0.5) is 5.69 Å². The number of hydrogen-bond acceptors (Lipinski definition) is 7. The van der Waals surface area contributed by atoms with Crippen molar-refractivity contribution in [1.29, 1.82) is 0 Å². The topological polar surface area (TPSA) is 114 Å². The van der Waals surface area contributed by atoms with E-state index in [1.165, 1.54) is 12.1 Å². The van der Waals surface area contributed by atoms with Gasteiger partial charge in [-0.3, -0.25) is 10.1 Å². The number of methoxy groups -OCH3 is 1. The molecule has 0 heterocycles. The van der Waals surface area contributed by atoms with Crippen LogP contribution >= 0.6 is 0 Å². The van der Waals surface area contributed by atoms with E-state index < -0.39 is 4.92 Å². The summed E-state index contributed by atoms with van der Waals surface area (Å²) in [7, 11) is 1.55. The van der Waals surface area contributed by atoms with E-state index in [2.05, 4.69) is 12.1 Å². The number of fused-ring (bicyclic) bond motifs is 5. The number of oxime groups is 1. The quantitative estimate of drug-likeness (QED) is 0.478. The minimum atomic E-state index is -0.432. The first-order chi connectivity index (χ1) is 16.3. The van der Waals surface area contributed by atoms with Gasteiger partial charge >= 0.3 is 0 Å². The van der Waals surface area contributed by atoms with Crippen LogP contribution in [-0.2, 0) is 11.4 Å². The molecule has 3 aliphatic rings. The molecule has 2 fully saturated rings. The standard InChI is InChI=1S/C26H30N2O6/c1-26-10-9-17-18-13-24(33-2)23(29)12-20(18)22(11-19(17)21(26)7-8-25(26)30)27-34-14-15-3-5-16(6-4-15)28(31)32/h3-6,12-13,17,19,21,25,29-30H,7-11,14H2,1-2H3/b27-22+/t17?,19?,21?,25-,26-/m0/s1. The van der Waals surface area contributed by atoms with Gasteiger partial charge < -0.3 is 19.8 Å². The number of aliphatic hydroxyl groups excluding tert-OH is 1. The summed E-state index contributed by atoms with van der Waals surface area (Å²) in [5.41, 5.74) is 3.51. The van der Waals surface area contributed by atoms with Gasteiger partial charge in [0.1, 0.15) is 6.61 Å². The second-order valence-corrected chi connectivity index (χ2v) is 10.1. The van der Waals surface area contributed by atoms with E-state index in [1.807, 2.05) is 6.07 Å². The molecule has 2 saturated carbocycles. The lowest BCUT2D eigenvalue weighted by atomic mass is 9.55. The molecule has 0 saturated heterocycles. The lowest BCUT2D eigenvalue weighted by molar-refractivity contribution is -0.384. The molecule has 2 aromatic rings. The highest BCUT2D eigenvalue weighted by Crippen LogP contribution is 2.61. The molecule has 0 spiro atoms. The molecule has 2 N–H and O–H groups in total. The summed E-state index contributed by atoms with van der Waals surface area (Å²) in [5.74, 6) is 1.57. The Hall–Kier alpha value is -3.13. The van der Waals surface area contributed by atoms with Gasteiger partial charge in [0.2, 0.25) is 0 Å². The zero-order chi connectivity index (χ0) is 24.0. The van der Waals surface area contributed by atoms with E-state index in [-0.39, 0.29) is 29.6 Å². The van der Waals surface area contributed by atoms with Crippen molar-refractivity contribution in [1.82, 2.24) is 0 Å². The Labute approximate surface area is 198 Å². The molecule has 2 aromatic carbocycles. The van der Waals surface area contributed by atoms with Crippen molar-refractivity contribution in [2.45, 2.75) is 57.7 Å². The van der Waals surface area contributed by atoms with Crippen LogP contribution < -0.4 is 4.74 Å². The number of phenolic OH excluding ortho intramolecular Hbond substituents is 1. The van der Waals surface area contributed by atoms with Crippen molar-refractivity contribution >= 4 is 11.4 Å². The molecule has 34 heavy (non-hydrogen) atoms. The number of aliphatic hydroxyl groups is 1. The molecule has 0 aliphatic heterocycles. The zero-order valence-electron chi connectivity index (χ0n) is 19.4. The highest BCUT2D eigenvalue weighted by atomic mass is 16.6. The largest absolute Gasteiger partial charge is 0.504 e. The van der Waals surface area contributed by atoms with Gasteiger partial charge in [-0.1, -0.05) is 12.1 Å². The molecule has 8 heteroatoms. The molecule has 8 nitrogen and oxygen atoms in total. The monoisotopic (exact) mass is 466 g/mol. The minimum Gasteiger partial charge on any atom is -0.504 e. The average molecular weight is 467 g/mol. The van der Waals surface area contributed by atoms with Crippen LogP contribution in [0.2, 0.25) is 0 Å². The Morgan fingerprint density at radius 1 is 1.21 bits per heavy atom. The third-order valence-corrected chi connectivity index (χ3v) is 8.43. The molecule has 0 aromatic heterocycles. The third kappa shape index (κ3) is 3.70. The second-order valence-electron chi connectivity index (χ2n) is 10.1. The number of non-ortho nitro benzene ring substituents is 1. The number of rotatable bonds is 5. The highest BCUT2D eigenvalue weighted by molar-refractivity contribution is 6.03. The lowest BCUT2D eigenvalue weighted by Gasteiger charge is -2.50. The van der Waals surface area contributed by atoms with E-state index in [0.29, 0.717) is 23.5 Å². The summed E-state index contributed by atoms with van der Waals surface area (Å²) in [6, 6.07) is 9.87. The molecule has 3 unspecified atom stereocenters. The first kappa shape index (κ1) is 22.7. The Balaban J connectivity index is 1.46. The SMILES string of the molecule is COc1cc2c(cc1O)/C(=N/OCc1ccc([N+](=O)[O-])cc1)CC1C2CC[C@@]2(C)C1CC[C@@H]2O. The van der Waals surface area contributed by atoms with Crippen molar-refractivity contribution in [2.75, 3.05) is 7.11 Å². The number of ether oxygens (including phenoxy) is 1. The number of nitrogens with zero attached hydrogens (tertiary/aromatic N) is 2. The number of nitro groups is 1. The normalized spacial score (nSPS) is 30.9. The fourth-order valence-corrected chi connectivity index (χ4v) is 6.55. The van der Waals surface area contributed by atoms with Crippen LogP contribution in [0.15, 0.2) is 41.6 Å². The lowest BCUT2D eigenvalue weighted by Crippen LogP contribution is -2.45. The van der Waals surface area contributed by atoms with Gasteiger partial charge in [0, 0.05) is 17.7 Å². The Bertz CT molecular complexity index is 1130. The molecule has 0 amide bonds. The molecule has 3 aliphatic carbocycles. The van der Waals surface area contributed by atoms with Crippen molar-refractivity contribution in [3.63, 3.8) is 0 Å². The smallest absolute Gasteiger partial charge is 0.269 e. The number of nitro benzene ring substituents is 1. The van der Waals surface area contributed by atoms with E-state index >= 15 is 0 Å². The van der Waals surface area contributed by atoms with Gasteiger partial charge in [-0.05, 0) is 90.7 Å². The number of benzene rings is 2. The summed E-state index contributed by atoms with van der Waals surface area (Å²) < 4.78 is 5.41. The van der Waals surface area contributed by atoms with Crippen molar-refractivity contribution in [3.8, 4) is 11.5 Å². The number of hydrogen-bond donors (Lipinski definition) is 2. The first-order valence-corrected chi connectivity index (χ1v) is 11.8. The Morgan fingerprint density at radius 2 is 1.97 bits per heavy atom. The van der Waals surface area contributed by atoms with Crippen molar-refractivity contribution in [2.24, 2.45) is 22.4 Å². The maximum absolute atomic E-state index is 10.9. The average Bonchev–Trinajstić information content (AvgIpc) is 3.13. The van der Waals surface area contributed by atoms with Crippen molar-refractivity contribution < 1.29 is 24.7 Å². The summed E-state index contributed by atoms with van der Waals surface area (Å²) in [4.78, 5) is 16.1. The van der Waals surface area contributed by atoms with Crippen LogP contribution in [0.25, 0.3) is 0 Å². The predicted octanol–water partition coefficient (Wildman–Crippen LogP) is 4.90. The van der Waals surface area contributed by atoms with Gasteiger partial charge in [-0.25, -0.2) is 0 Å². The van der Waals surface area contributed by atoms with E-state index in [4.69, 9.17) is 9.57 Å². The zero-order valence-corrected chi connectivity index (χ0v) is 19.4. The molecular formula is C26H30N2O6. The maximum Gasteiger partial charge on any atom is 0.269 e. The summed E-state index contributed by atoms with van der Waals surface area (Å²) in [6.07, 6.45) is 4.24.